The molecule has 106 valence electrons. The summed E-state index contributed by atoms with van der Waals surface area (Å²) in [7, 11) is 0. The van der Waals surface area contributed by atoms with Crippen LogP contribution in [0.15, 0.2) is 18.2 Å². The molecule has 0 atom stereocenters. The number of halogens is 1. The fraction of sp³-hybridized carbons (Fsp3) is 0.500. The van der Waals surface area contributed by atoms with Crippen molar-refractivity contribution in [2.24, 2.45) is 5.73 Å². The molecule has 0 aliphatic heterocycles. The molecule has 1 saturated carbocycles. The summed E-state index contributed by atoms with van der Waals surface area (Å²) in [5.41, 5.74) is 7.52. The number of amides is 1. The van der Waals surface area contributed by atoms with Gasteiger partial charge >= 0.3 is 0 Å². The first-order chi connectivity index (χ1) is 8.49. The lowest BCUT2D eigenvalue weighted by molar-refractivity contribution is -0.123. The number of nitrogens with two attached hydrogens (primary N) is 1. The van der Waals surface area contributed by atoms with Crippen LogP contribution in [0, 0.1) is 13.8 Å². The van der Waals surface area contributed by atoms with E-state index in [0.29, 0.717) is 13.2 Å². The average Bonchev–Trinajstić information content (AvgIpc) is 3.02. The number of aryl methyl sites for hydroxylation is 2. The number of benzene rings is 1. The third-order valence-corrected chi connectivity index (χ3v) is 3.09. The van der Waals surface area contributed by atoms with Gasteiger partial charge < -0.3 is 15.8 Å². The Balaban J connectivity index is 0.00000180. The molecule has 0 spiro atoms. The van der Waals surface area contributed by atoms with E-state index in [1.807, 2.05) is 26.0 Å². The largest absolute Gasteiger partial charge is 0.492 e. The summed E-state index contributed by atoms with van der Waals surface area (Å²) in [6.45, 7) is 5.02. The van der Waals surface area contributed by atoms with Crippen molar-refractivity contribution in [3.63, 3.8) is 0 Å². The van der Waals surface area contributed by atoms with Gasteiger partial charge in [-0.05, 0) is 49.9 Å². The van der Waals surface area contributed by atoms with Crippen LogP contribution in [0.25, 0.3) is 0 Å². The molecule has 0 bridgehead atoms. The number of rotatable bonds is 5. The molecule has 1 fully saturated rings. The van der Waals surface area contributed by atoms with E-state index >= 15 is 0 Å². The molecule has 19 heavy (non-hydrogen) atoms. The molecule has 0 unspecified atom stereocenters. The molecule has 1 aliphatic carbocycles. The van der Waals surface area contributed by atoms with Gasteiger partial charge in [-0.25, -0.2) is 0 Å². The zero-order valence-electron chi connectivity index (χ0n) is 11.4. The highest BCUT2D eigenvalue weighted by atomic mass is 35.5. The number of nitrogens with one attached hydrogen (secondary N) is 1. The van der Waals surface area contributed by atoms with Crippen LogP contribution in [0.5, 0.6) is 5.75 Å². The van der Waals surface area contributed by atoms with Crippen molar-refractivity contribution >= 4 is 18.3 Å². The van der Waals surface area contributed by atoms with Gasteiger partial charge in [-0.2, -0.15) is 0 Å². The predicted octanol–water partition coefficient (Wildman–Crippen LogP) is 1.71. The highest BCUT2D eigenvalue weighted by Crippen LogP contribution is 2.31. The van der Waals surface area contributed by atoms with Crippen LogP contribution in [0.4, 0.5) is 0 Å². The summed E-state index contributed by atoms with van der Waals surface area (Å²) in [5.74, 6) is 0.780. The number of carbonyl (C=O) groups is 1. The summed E-state index contributed by atoms with van der Waals surface area (Å²) in [6, 6.07) is 6.07. The molecule has 0 aromatic heterocycles. The van der Waals surface area contributed by atoms with E-state index in [2.05, 4.69) is 11.4 Å². The second-order valence-corrected chi connectivity index (χ2v) is 5.08. The van der Waals surface area contributed by atoms with Crippen LogP contribution in [0.2, 0.25) is 0 Å². The van der Waals surface area contributed by atoms with Gasteiger partial charge in [0.05, 0.1) is 12.1 Å². The van der Waals surface area contributed by atoms with Crippen LogP contribution >= 0.6 is 12.4 Å². The molecule has 0 radical (unpaired) electrons. The van der Waals surface area contributed by atoms with Crippen LogP contribution in [0.3, 0.4) is 0 Å². The quantitative estimate of drug-likeness (QED) is 0.809. The van der Waals surface area contributed by atoms with Crippen molar-refractivity contribution in [1.82, 2.24) is 5.32 Å². The van der Waals surface area contributed by atoms with Crippen molar-refractivity contribution < 1.29 is 9.53 Å². The first kappa shape index (κ1) is 15.8. The minimum absolute atomic E-state index is 0. The summed E-state index contributed by atoms with van der Waals surface area (Å²) < 4.78 is 5.60. The number of hydrogen-bond acceptors (Lipinski definition) is 3. The SMILES string of the molecule is Cc1cc(C)cc(OCCNC(=O)C2(N)CC2)c1.Cl. The third-order valence-electron chi connectivity index (χ3n) is 3.09. The highest BCUT2D eigenvalue weighted by molar-refractivity contribution is 5.88. The molecule has 2 rings (SSSR count). The molecule has 0 heterocycles. The van der Waals surface area contributed by atoms with Gasteiger partial charge in [-0.3, -0.25) is 4.79 Å². The fourth-order valence-electron chi connectivity index (χ4n) is 1.89. The minimum Gasteiger partial charge on any atom is -0.492 e. The van der Waals surface area contributed by atoms with E-state index in [1.54, 1.807) is 0 Å². The monoisotopic (exact) mass is 284 g/mol. The second kappa shape index (κ2) is 6.26. The molecule has 5 heteroatoms. The maximum atomic E-state index is 11.6. The highest BCUT2D eigenvalue weighted by Gasteiger charge is 2.45. The normalized spacial score (nSPS) is 15.3. The molecule has 4 nitrogen and oxygen atoms in total. The maximum Gasteiger partial charge on any atom is 0.240 e. The fourth-order valence-corrected chi connectivity index (χ4v) is 1.89. The minimum atomic E-state index is -0.597. The topological polar surface area (TPSA) is 64.3 Å². The first-order valence-electron chi connectivity index (χ1n) is 6.28. The molecule has 1 aromatic carbocycles. The summed E-state index contributed by atoms with van der Waals surface area (Å²) >= 11 is 0. The van der Waals surface area contributed by atoms with Gasteiger partial charge in [-0.15, -0.1) is 12.4 Å². The Bertz CT molecular complexity index is 439. The lowest BCUT2D eigenvalue weighted by Crippen LogP contribution is -2.44. The van der Waals surface area contributed by atoms with Crippen molar-refractivity contribution in [2.45, 2.75) is 32.2 Å². The Morgan fingerprint density at radius 3 is 2.42 bits per heavy atom. The van der Waals surface area contributed by atoms with Crippen molar-refractivity contribution in [2.75, 3.05) is 13.2 Å². The molecule has 1 aromatic rings. The van der Waals surface area contributed by atoms with E-state index in [-0.39, 0.29) is 18.3 Å². The second-order valence-electron chi connectivity index (χ2n) is 5.08. The number of hydrogen-bond donors (Lipinski definition) is 2. The Kier molecular flexibility index (Phi) is 5.20. The lowest BCUT2D eigenvalue weighted by Gasteiger charge is -2.11. The summed E-state index contributed by atoms with van der Waals surface area (Å²) in [5, 5.41) is 2.80. The summed E-state index contributed by atoms with van der Waals surface area (Å²) in [4.78, 5) is 11.6. The van der Waals surface area contributed by atoms with Gasteiger partial charge in [0.1, 0.15) is 12.4 Å². The van der Waals surface area contributed by atoms with Crippen LogP contribution in [-0.4, -0.2) is 24.6 Å². The Hall–Kier alpha value is -1.26. The van der Waals surface area contributed by atoms with Gasteiger partial charge in [0.2, 0.25) is 5.91 Å². The smallest absolute Gasteiger partial charge is 0.240 e. The van der Waals surface area contributed by atoms with E-state index in [1.165, 1.54) is 11.1 Å². The van der Waals surface area contributed by atoms with Crippen molar-refractivity contribution in [3.8, 4) is 5.75 Å². The number of ether oxygens (including phenoxy) is 1. The third kappa shape index (κ3) is 4.40. The number of carbonyl (C=O) groups excluding carboxylic acids is 1. The molecule has 3 N–H and O–H groups in total. The molecule has 1 aliphatic rings. The van der Waals surface area contributed by atoms with Crippen LogP contribution in [-0.2, 0) is 4.79 Å². The summed E-state index contributed by atoms with van der Waals surface area (Å²) in [6.07, 6.45) is 1.58. The van der Waals surface area contributed by atoms with Crippen molar-refractivity contribution in [3.05, 3.63) is 29.3 Å². The van der Waals surface area contributed by atoms with Crippen LogP contribution in [0.1, 0.15) is 24.0 Å². The van der Waals surface area contributed by atoms with E-state index < -0.39 is 5.54 Å². The molecule has 1 amide bonds. The Morgan fingerprint density at radius 1 is 1.32 bits per heavy atom. The predicted molar refractivity (Wildman–Crippen MR) is 77.8 cm³/mol. The zero-order valence-corrected chi connectivity index (χ0v) is 12.2. The molecular weight excluding hydrogens is 264 g/mol. The molecular formula is C14H21ClN2O2. The van der Waals surface area contributed by atoms with Gasteiger partial charge in [0.25, 0.3) is 0 Å². The maximum absolute atomic E-state index is 11.6. The Morgan fingerprint density at radius 2 is 1.89 bits per heavy atom. The average molecular weight is 285 g/mol. The Labute approximate surface area is 120 Å². The lowest BCUT2D eigenvalue weighted by atomic mass is 10.1. The van der Waals surface area contributed by atoms with Gasteiger partial charge in [0.15, 0.2) is 0 Å². The standard InChI is InChI=1S/C14H20N2O2.ClH/c1-10-7-11(2)9-12(8-10)18-6-5-16-13(17)14(15)3-4-14;/h7-9H,3-6,15H2,1-2H3,(H,16,17);1H. The van der Waals surface area contributed by atoms with Gasteiger partial charge in [-0.1, -0.05) is 6.07 Å². The first-order valence-corrected chi connectivity index (χ1v) is 6.28. The molecule has 0 saturated heterocycles. The van der Waals surface area contributed by atoms with E-state index in [0.717, 1.165) is 18.6 Å². The van der Waals surface area contributed by atoms with Gasteiger partial charge in [0, 0.05) is 0 Å². The zero-order chi connectivity index (χ0) is 13.2. The van der Waals surface area contributed by atoms with E-state index in [4.69, 9.17) is 10.5 Å². The van der Waals surface area contributed by atoms with E-state index in [9.17, 15) is 4.79 Å². The van der Waals surface area contributed by atoms with Crippen LogP contribution < -0.4 is 15.8 Å². The van der Waals surface area contributed by atoms with Crippen molar-refractivity contribution in [1.29, 1.82) is 0 Å².